The predicted octanol–water partition coefficient (Wildman–Crippen LogP) is 23.2. The first kappa shape index (κ1) is 55.7. The van der Waals surface area contributed by atoms with Gasteiger partial charge >= 0.3 is 0 Å². The van der Waals surface area contributed by atoms with Crippen LogP contribution in [-0.4, -0.2) is 18.3 Å². The number of hydrogen-bond acceptors (Lipinski definition) is 1. The van der Waals surface area contributed by atoms with E-state index in [1.54, 1.807) is 0 Å². The van der Waals surface area contributed by atoms with Gasteiger partial charge in [0.25, 0.3) is 0 Å². The standard InChI is InChI=1S/C94H56N6/c1-96-88-75(58-95)89(99-84-52-28-20-44-69(84)73-54-78-71(56-86(73)99)63-38-14-22-46-76(63)93(78,59-30-6-2-7-31-59)60-32-8-3-9-33-60)91(97-80-48-24-16-40-65(80)66-41-17-25-49-81(66)97)92(98-82-50-26-18-42-67(82)68-43-19-27-51-83(68)98)90(88)100-85-53-29-21-45-70(85)74-55-79-72(57-87(74)100)64-39-15-23-47-77(64)94(79,61-34-10-4-11-35-61)62-36-12-5-13-37-62/h2-57H. The third-order valence-electron chi connectivity index (χ3n) is 22.2. The Morgan fingerprint density at radius 1 is 0.250 bits per heavy atom. The fraction of sp³-hybridized carbons (Fsp3) is 0.0213. The van der Waals surface area contributed by atoms with Crippen molar-refractivity contribution in [3.8, 4) is 51.1 Å². The summed E-state index contributed by atoms with van der Waals surface area (Å²) in [7, 11) is 0. The van der Waals surface area contributed by atoms with Gasteiger partial charge in [0.05, 0.1) is 95.9 Å². The highest BCUT2D eigenvalue weighted by Gasteiger charge is 2.49. The number of benzene rings is 15. The quantitative estimate of drug-likeness (QED) is 0.140. The Hall–Kier alpha value is -13.5. The zero-order valence-corrected chi connectivity index (χ0v) is 54.0. The van der Waals surface area contributed by atoms with Crippen LogP contribution in [0.1, 0.15) is 50.1 Å². The van der Waals surface area contributed by atoms with Gasteiger partial charge in [-0.3, -0.25) is 0 Å². The first-order valence-corrected chi connectivity index (χ1v) is 34.2. The highest BCUT2D eigenvalue weighted by molar-refractivity contribution is 6.18. The van der Waals surface area contributed by atoms with Gasteiger partial charge in [0.15, 0.2) is 0 Å². The average molecular weight is 1270 g/mol. The molecular weight excluding hydrogens is 1210 g/mol. The lowest BCUT2D eigenvalue weighted by Gasteiger charge is -2.34. The molecule has 100 heavy (non-hydrogen) atoms. The number of para-hydroxylation sites is 6. The second-order valence-electron chi connectivity index (χ2n) is 26.7. The van der Waals surface area contributed by atoms with E-state index in [0.717, 1.165) is 121 Å². The minimum Gasteiger partial charge on any atom is -0.317 e. The van der Waals surface area contributed by atoms with Gasteiger partial charge in [-0.1, -0.05) is 279 Å². The summed E-state index contributed by atoms with van der Waals surface area (Å²) in [6.45, 7) is 10.1. The maximum atomic E-state index is 13.0. The molecule has 15 aromatic carbocycles. The molecule has 2 aliphatic carbocycles. The van der Waals surface area contributed by atoms with Gasteiger partial charge in [-0.2, -0.15) is 5.26 Å². The van der Waals surface area contributed by atoms with Crippen molar-refractivity contribution in [2.75, 3.05) is 0 Å². The molecule has 0 saturated carbocycles. The van der Waals surface area contributed by atoms with Gasteiger partial charge in [0, 0.05) is 43.1 Å². The van der Waals surface area contributed by atoms with E-state index in [9.17, 15) is 11.8 Å². The van der Waals surface area contributed by atoms with Crippen LogP contribution < -0.4 is 0 Å². The SMILES string of the molecule is [C-]#[N+]c1c(C#N)c(-n2c3ccccc3c3cc4c(cc32)-c2ccccc2C4(c2ccccc2)c2ccccc2)c(-n2c3ccccc3c3ccccc32)c(-n2c3ccccc3c3ccccc32)c1-n1c2ccccc2c2cc3c(cc21)-c1ccccc1C3(c1ccccc1)c1ccccc1. The van der Waals surface area contributed by atoms with Gasteiger partial charge in [0.1, 0.15) is 0 Å². The minimum absolute atomic E-state index is 0.231. The van der Waals surface area contributed by atoms with Crippen LogP contribution in [0.3, 0.4) is 0 Å². The van der Waals surface area contributed by atoms with E-state index >= 15 is 0 Å². The highest BCUT2D eigenvalue weighted by atomic mass is 15.2. The summed E-state index contributed by atoms with van der Waals surface area (Å²) in [5.41, 5.74) is 23.2. The molecule has 0 unspecified atom stereocenters. The van der Waals surface area contributed by atoms with Gasteiger partial charge in [0.2, 0.25) is 5.69 Å². The molecule has 0 aliphatic heterocycles. The monoisotopic (exact) mass is 1270 g/mol. The molecule has 0 N–H and O–H groups in total. The second-order valence-corrected chi connectivity index (χ2v) is 26.7. The van der Waals surface area contributed by atoms with Crippen LogP contribution in [-0.2, 0) is 10.8 Å². The largest absolute Gasteiger partial charge is 0.317 e. The molecule has 21 rings (SSSR count). The Bertz CT molecular complexity index is 6190. The summed E-state index contributed by atoms with van der Waals surface area (Å²) in [4.78, 5) is 4.87. The number of rotatable bonds is 8. The van der Waals surface area contributed by atoms with Crippen molar-refractivity contribution >= 4 is 92.9 Å². The molecule has 0 atom stereocenters. The number of nitrogens with zero attached hydrogens (tertiary/aromatic N) is 6. The fourth-order valence-corrected chi connectivity index (χ4v) is 18.4. The van der Waals surface area contributed by atoms with Crippen LogP contribution >= 0.6 is 0 Å². The molecule has 0 radical (unpaired) electrons. The molecule has 0 bridgehead atoms. The fourth-order valence-electron chi connectivity index (χ4n) is 18.4. The van der Waals surface area contributed by atoms with Crippen molar-refractivity contribution in [1.82, 2.24) is 18.3 Å². The minimum atomic E-state index is -0.685. The van der Waals surface area contributed by atoms with Gasteiger partial charge in [-0.05, 0) is 127 Å². The average Bonchev–Trinajstić information content (AvgIpc) is 1.50. The van der Waals surface area contributed by atoms with Gasteiger partial charge < -0.3 is 18.3 Å². The predicted molar refractivity (Wildman–Crippen MR) is 409 cm³/mol. The molecule has 0 saturated heterocycles. The summed E-state index contributed by atoms with van der Waals surface area (Å²) in [6, 6.07) is 127. The van der Waals surface area contributed by atoms with Crippen LogP contribution in [0.25, 0.3) is 137 Å². The van der Waals surface area contributed by atoms with Crippen molar-refractivity contribution in [3.63, 3.8) is 0 Å². The Morgan fingerprint density at radius 3 is 0.850 bits per heavy atom. The summed E-state index contributed by atoms with van der Waals surface area (Å²) in [5.74, 6) is 0. The van der Waals surface area contributed by atoms with E-state index in [-0.39, 0.29) is 11.3 Å². The lowest BCUT2D eigenvalue weighted by atomic mass is 9.67. The smallest absolute Gasteiger partial charge is 0.232 e. The van der Waals surface area contributed by atoms with E-state index in [2.05, 4.69) is 364 Å². The molecule has 0 spiro atoms. The lowest BCUT2D eigenvalue weighted by molar-refractivity contribution is 0.769. The van der Waals surface area contributed by atoms with Gasteiger partial charge in [-0.25, -0.2) is 4.85 Å². The number of fused-ring (bicyclic) bond motifs is 18. The number of hydrogen-bond donors (Lipinski definition) is 0. The van der Waals surface area contributed by atoms with Crippen LogP contribution in [0.5, 0.6) is 0 Å². The van der Waals surface area contributed by atoms with E-state index in [0.29, 0.717) is 11.4 Å². The Balaban J connectivity index is 0.993. The third-order valence-corrected chi connectivity index (χ3v) is 22.2. The van der Waals surface area contributed by atoms with E-state index in [4.69, 9.17) is 4.85 Å². The normalized spacial score (nSPS) is 13.3. The Kier molecular flexibility index (Phi) is 11.7. The third kappa shape index (κ3) is 7.17. The molecule has 2 aliphatic rings. The molecule has 6 nitrogen and oxygen atoms in total. The van der Waals surface area contributed by atoms with Crippen molar-refractivity contribution in [3.05, 3.63) is 401 Å². The van der Waals surface area contributed by atoms with Crippen LogP contribution in [0, 0.1) is 17.9 Å². The molecule has 6 heteroatoms. The van der Waals surface area contributed by atoms with Crippen molar-refractivity contribution in [2.45, 2.75) is 10.8 Å². The van der Waals surface area contributed by atoms with E-state index in [1.807, 2.05) is 0 Å². The van der Waals surface area contributed by atoms with Crippen molar-refractivity contribution < 1.29 is 0 Å². The molecule has 0 amide bonds. The summed E-state index contributed by atoms with van der Waals surface area (Å²) >= 11 is 0. The van der Waals surface area contributed by atoms with Crippen LogP contribution in [0.4, 0.5) is 5.69 Å². The van der Waals surface area contributed by atoms with Crippen molar-refractivity contribution in [2.24, 2.45) is 0 Å². The van der Waals surface area contributed by atoms with Gasteiger partial charge in [-0.15, -0.1) is 0 Å². The zero-order valence-electron chi connectivity index (χ0n) is 54.0. The van der Waals surface area contributed by atoms with Crippen molar-refractivity contribution in [1.29, 1.82) is 5.26 Å². The zero-order chi connectivity index (χ0) is 66.0. The van der Waals surface area contributed by atoms with E-state index in [1.165, 1.54) is 44.5 Å². The highest BCUT2D eigenvalue weighted by Crippen LogP contribution is 2.61. The number of nitriles is 1. The summed E-state index contributed by atoms with van der Waals surface area (Å²) < 4.78 is 9.56. The Morgan fingerprint density at radius 2 is 0.520 bits per heavy atom. The van der Waals surface area contributed by atoms with Crippen LogP contribution in [0.15, 0.2) is 340 Å². The van der Waals surface area contributed by atoms with Crippen LogP contribution in [0.2, 0.25) is 0 Å². The van der Waals surface area contributed by atoms with E-state index < -0.39 is 10.8 Å². The first-order chi connectivity index (χ1) is 49.6. The maximum Gasteiger partial charge on any atom is 0.232 e. The molecular formula is C94H56N6. The topological polar surface area (TPSA) is 47.9 Å². The maximum absolute atomic E-state index is 13.0. The molecule has 0 fully saturated rings. The molecule has 19 aromatic rings. The Labute approximate surface area is 576 Å². The molecule has 4 aromatic heterocycles. The number of aromatic nitrogens is 4. The molecule has 462 valence electrons. The first-order valence-electron chi connectivity index (χ1n) is 34.2. The summed E-state index contributed by atoms with van der Waals surface area (Å²) in [6.07, 6.45) is 0. The lowest BCUT2D eigenvalue weighted by Crippen LogP contribution is -2.28. The second kappa shape index (κ2) is 21.0. The summed E-state index contributed by atoms with van der Waals surface area (Å²) in [5, 5.41) is 21.4. The molecule has 4 heterocycles.